The van der Waals surface area contributed by atoms with Gasteiger partial charge in [0.2, 0.25) is 5.91 Å². The Morgan fingerprint density at radius 1 is 1.44 bits per heavy atom. The number of primary amides is 1. The van der Waals surface area contributed by atoms with E-state index in [4.69, 9.17) is 10.8 Å². The van der Waals surface area contributed by atoms with Crippen LogP contribution >= 0.6 is 11.3 Å². The Morgan fingerprint density at radius 3 is 2.56 bits per heavy atom. The largest absolute Gasteiger partial charge is 0.480 e. The fourth-order valence-corrected chi connectivity index (χ4v) is 2.10. The van der Waals surface area contributed by atoms with Gasteiger partial charge in [0.15, 0.2) is 0 Å². The molecule has 1 aromatic heterocycles. The Labute approximate surface area is 108 Å². The van der Waals surface area contributed by atoms with E-state index in [-0.39, 0.29) is 12.8 Å². The maximum Gasteiger partial charge on any atom is 0.326 e. The minimum atomic E-state index is -1.18. The molecule has 1 rings (SSSR count). The molecule has 0 saturated carbocycles. The van der Waals surface area contributed by atoms with E-state index >= 15 is 0 Å². The van der Waals surface area contributed by atoms with Gasteiger partial charge in [-0.1, -0.05) is 0 Å². The van der Waals surface area contributed by atoms with Crippen molar-refractivity contribution in [3.63, 3.8) is 0 Å². The van der Waals surface area contributed by atoms with Gasteiger partial charge in [0, 0.05) is 11.3 Å². The number of amides is 2. The summed E-state index contributed by atoms with van der Waals surface area (Å²) in [4.78, 5) is 34.7. The molecule has 2 amide bonds. The summed E-state index contributed by atoms with van der Waals surface area (Å²) >= 11 is 1.28. The summed E-state index contributed by atoms with van der Waals surface area (Å²) in [5, 5.41) is 11.3. The number of hydrogen-bond donors (Lipinski definition) is 3. The van der Waals surface area contributed by atoms with Crippen LogP contribution in [0.2, 0.25) is 0 Å². The number of nitrogens with two attached hydrogens (primary N) is 1. The van der Waals surface area contributed by atoms with Crippen LogP contribution in [-0.2, 0) is 9.59 Å². The van der Waals surface area contributed by atoms with Crippen molar-refractivity contribution in [1.29, 1.82) is 0 Å². The Morgan fingerprint density at radius 2 is 2.11 bits per heavy atom. The Balaban J connectivity index is 2.63. The molecule has 1 heterocycles. The molecule has 7 heteroatoms. The maximum atomic E-state index is 11.7. The number of carbonyl (C=O) groups is 3. The summed E-state index contributed by atoms with van der Waals surface area (Å²) < 4.78 is 0. The predicted octanol–water partition coefficient (Wildman–Crippen LogP) is 0.505. The number of carbonyl (C=O) groups excluding carboxylic acids is 2. The van der Waals surface area contributed by atoms with Crippen molar-refractivity contribution in [2.75, 3.05) is 0 Å². The number of thiophene rings is 1. The van der Waals surface area contributed by atoms with Gasteiger partial charge in [0.1, 0.15) is 6.04 Å². The highest BCUT2D eigenvalue weighted by Crippen LogP contribution is 2.15. The van der Waals surface area contributed by atoms with Gasteiger partial charge >= 0.3 is 5.97 Å². The van der Waals surface area contributed by atoms with Crippen LogP contribution in [0.25, 0.3) is 0 Å². The fraction of sp³-hybridized carbons (Fsp3) is 0.364. The third-order valence-corrected chi connectivity index (χ3v) is 3.25. The van der Waals surface area contributed by atoms with E-state index in [1.54, 1.807) is 12.1 Å². The number of aliphatic carboxylic acids is 1. The minimum absolute atomic E-state index is 0.0131. The third kappa shape index (κ3) is 4.17. The molecular weight excluding hydrogens is 256 g/mol. The van der Waals surface area contributed by atoms with Gasteiger partial charge in [-0.3, -0.25) is 9.59 Å². The molecule has 98 valence electrons. The monoisotopic (exact) mass is 270 g/mol. The van der Waals surface area contributed by atoms with E-state index in [0.717, 1.165) is 4.88 Å². The SMILES string of the molecule is Cc1ccc(C(=O)NC(CCC(N)=O)C(=O)O)s1. The molecule has 0 spiro atoms. The van der Waals surface area contributed by atoms with Gasteiger partial charge < -0.3 is 16.2 Å². The van der Waals surface area contributed by atoms with Crippen molar-refractivity contribution >= 4 is 29.1 Å². The molecule has 1 unspecified atom stereocenters. The van der Waals surface area contributed by atoms with Crippen LogP contribution in [0.15, 0.2) is 12.1 Å². The molecule has 0 aliphatic rings. The lowest BCUT2D eigenvalue weighted by atomic mass is 10.1. The van der Waals surface area contributed by atoms with Crippen molar-refractivity contribution in [2.45, 2.75) is 25.8 Å². The molecule has 1 aromatic rings. The second kappa shape index (κ2) is 6.15. The van der Waals surface area contributed by atoms with Crippen LogP contribution in [0.3, 0.4) is 0 Å². The maximum absolute atomic E-state index is 11.7. The summed E-state index contributed by atoms with van der Waals surface area (Å²) in [6, 6.07) is 2.30. The molecule has 0 radical (unpaired) electrons. The Bertz CT molecular complexity index is 469. The molecule has 0 aromatic carbocycles. The molecule has 1 atom stereocenters. The van der Waals surface area contributed by atoms with Crippen molar-refractivity contribution in [3.05, 3.63) is 21.9 Å². The number of rotatable bonds is 6. The molecule has 6 nitrogen and oxygen atoms in total. The van der Waals surface area contributed by atoms with E-state index in [1.165, 1.54) is 11.3 Å². The lowest BCUT2D eigenvalue weighted by Gasteiger charge is -2.12. The summed E-state index contributed by atoms with van der Waals surface area (Å²) in [5.41, 5.74) is 4.94. The van der Waals surface area contributed by atoms with Crippen LogP contribution in [0.5, 0.6) is 0 Å². The second-order valence-corrected chi connectivity index (χ2v) is 5.07. The molecule has 0 bridgehead atoms. The summed E-state index contributed by atoms with van der Waals surface area (Å²) in [5.74, 6) is -2.23. The first-order chi connectivity index (χ1) is 8.40. The molecule has 4 N–H and O–H groups in total. The predicted molar refractivity (Wildman–Crippen MR) is 66.4 cm³/mol. The van der Waals surface area contributed by atoms with Crippen molar-refractivity contribution in [2.24, 2.45) is 5.73 Å². The van der Waals surface area contributed by atoms with E-state index in [9.17, 15) is 14.4 Å². The van der Waals surface area contributed by atoms with Crippen molar-refractivity contribution in [1.82, 2.24) is 5.32 Å². The van der Waals surface area contributed by atoms with E-state index in [0.29, 0.717) is 4.88 Å². The fourth-order valence-electron chi connectivity index (χ4n) is 1.33. The summed E-state index contributed by atoms with van der Waals surface area (Å²) in [6.45, 7) is 1.85. The lowest BCUT2D eigenvalue weighted by Crippen LogP contribution is -2.41. The molecule has 18 heavy (non-hydrogen) atoms. The molecule has 0 aliphatic carbocycles. The lowest BCUT2D eigenvalue weighted by molar-refractivity contribution is -0.139. The Kier molecular flexibility index (Phi) is 4.85. The highest BCUT2D eigenvalue weighted by atomic mass is 32.1. The first-order valence-corrected chi connectivity index (χ1v) is 6.10. The summed E-state index contributed by atoms with van der Waals surface area (Å²) in [7, 11) is 0. The van der Waals surface area contributed by atoms with Gasteiger partial charge in [-0.25, -0.2) is 4.79 Å². The minimum Gasteiger partial charge on any atom is -0.480 e. The molecular formula is C11H14N2O4S. The van der Waals surface area contributed by atoms with Crippen LogP contribution < -0.4 is 11.1 Å². The summed E-state index contributed by atoms with van der Waals surface area (Å²) in [6.07, 6.45) is -0.0958. The Hall–Kier alpha value is -1.89. The third-order valence-electron chi connectivity index (χ3n) is 2.25. The zero-order valence-electron chi connectivity index (χ0n) is 9.80. The normalized spacial score (nSPS) is 11.8. The van der Waals surface area contributed by atoms with Gasteiger partial charge in [-0.2, -0.15) is 0 Å². The van der Waals surface area contributed by atoms with E-state index < -0.39 is 23.8 Å². The van der Waals surface area contributed by atoms with E-state index in [2.05, 4.69) is 5.32 Å². The van der Waals surface area contributed by atoms with Crippen LogP contribution in [0, 0.1) is 6.92 Å². The first-order valence-electron chi connectivity index (χ1n) is 5.28. The topological polar surface area (TPSA) is 109 Å². The quantitative estimate of drug-likeness (QED) is 0.699. The zero-order valence-corrected chi connectivity index (χ0v) is 10.6. The second-order valence-electron chi connectivity index (χ2n) is 3.78. The van der Waals surface area contributed by atoms with Crippen molar-refractivity contribution < 1.29 is 19.5 Å². The molecule has 0 saturated heterocycles. The van der Waals surface area contributed by atoms with Gasteiger partial charge in [0.05, 0.1) is 4.88 Å². The van der Waals surface area contributed by atoms with Gasteiger partial charge in [-0.15, -0.1) is 11.3 Å². The highest BCUT2D eigenvalue weighted by molar-refractivity contribution is 7.13. The molecule has 0 aliphatic heterocycles. The smallest absolute Gasteiger partial charge is 0.326 e. The average Bonchev–Trinajstić information content (AvgIpc) is 2.70. The van der Waals surface area contributed by atoms with E-state index in [1.807, 2.05) is 6.92 Å². The number of aryl methyl sites for hydroxylation is 1. The molecule has 0 fully saturated rings. The van der Waals surface area contributed by atoms with Gasteiger partial charge in [0.25, 0.3) is 5.91 Å². The number of carboxylic acid groups (broad SMARTS) is 1. The van der Waals surface area contributed by atoms with Crippen molar-refractivity contribution in [3.8, 4) is 0 Å². The van der Waals surface area contributed by atoms with Crippen LogP contribution in [0.1, 0.15) is 27.4 Å². The number of hydrogen-bond acceptors (Lipinski definition) is 4. The highest BCUT2D eigenvalue weighted by Gasteiger charge is 2.21. The van der Waals surface area contributed by atoms with Crippen LogP contribution in [0.4, 0.5) is 0 Å². The first kappa shape index (κ1) is 14.2. The zero-order chi connectivity index (χ0) is 13.7. The number of nitrogens with one attached hydrogen (secondary N) is 1. The number of carboxylic acids is 1. The average molecular weight is 270 g/mol. The van der Waals surface area contributed by atoms with Gasteiger partial charge in [-0.05, 0) is 25.5 Å². The van der Waals surface area contributed by atoms with Crippen LogP contribution in [-0.4, -0.2) is 28.9 Å². The standard InChI is InChI=1S/C11H14N2O4S/c1-6-2-4-8(18-6)10(15)13-7(11(16)17)3-5-9(12)14/h2,4,7H,3,5H2,1H3,(H2,12,14)(H,13,15)(H,16,17).